The number of amides is 2. The third kappa shape index (κ3) is 45.5. The van der Waals surface area contributed by atoms with Crippen LogP contribution in [0.4, 0.5) is 0 Å². The normalized spacial score (nSPS) is 11.5. The van der Waals surface area contributed by atoms with E-state index >= 15 is 0 Å². The highest BCUT2D eigenvalue weighted by molar-refractivity contribution is 5.79. The molecule has 0 saturated heterocycles. The molecule has 0 fully saturated rings. The van der Waals surface area contributed by atoms with Gasteiger partial charge >= 0.3 is 0 Å². The number of carbonyl (C=O) groups is 2. The number of rotatable bonds is 47. The first-order valence-corrected chi connectivity index (χ1v) is 25.4. The Bertz CT molecular complexity index is 703. The van der Waals surface area contributed by atoms with Crippen LogP contribution in [0.25, 0.3) is 0 Å². The van der Waals surface area contributed by atoms with Crippen LogP contribution in [0.5, 0.6) is 0 Å². The van der Waals surface area contributed by atoms with Gasteiger partial charge in [0.05, 0.1) is 0 Å². The quantitative estimate of drug-likeness (QED) is 0.0426. The zero-order chi connectivity index (χ0) is 40.0. The second-order valence-corrected chi connectivity index (χ2v) is 17.5. The van der Waals surface area contributed by atoms with Crippen molar-refractivity contribution in [2.45, 2.75) is 297 Å². The second kappa shape index (κ2) is 47.3. The Labute approximate surface area is 346 Å². The predicted octanol–water partition coefficient (Wildman–Crippen LogP) is 15.6. The smallest absolute Gasteiger partial charge is 0.221 e. The molecule has 0 atom stereocenters. The minimum absolute atomic E-state index is 0.0799. The second-order valence-electron chi connectivity index (χ2n) is 17.5. The summed E-state index contributed by atoms with van der Waals surface area (Å²) in [6, 6.07) is 0. The molecule has 0 aliphatic carbocycles. The van der Waals surface area contributed by atoms with E-state index in [0.29, 0.717) is 12.8 Å². The summed E-state index contributed by atoms with van der Waals surface area (Å²) in [5.41, 5.74) is 0. The van der Waals surface area contributed by atoms with Crippen molar-refractivity contribution in [1.82, 2.24) is 16.0 Å². The first-order valence-electron chi connectivity index (χ1n) is 25.4. The average molecular weight is 776 g/mol. The van der Waals surface area contributed by atoms with Gasteiger partial charge in [0.15, 0.2) is 0 Å². The summed E-state index contributed by atoms with van der Waals surface area (Å²) < 4.78 is 0. The van der Waals surface area contributed by atoms with Crippen molar-refractivity contribution in [2.24, 2.45) is 0 Å². The molecule has 0 aromatic rings. The summed E-state index contributed by atoms with van der Waals surface area (Å²) >= 11 is 0. The molecule has 0 rings (SSSR count). The topological polar surface area (TPSA) is 70.2 Å². The monoisotopic (exact) mass is 776 g/mol. The lowest BCUT2D eigenvalue weighted by Crippen LogP contribution is -2.49. The summed E-state index contributed by atoms with van der Waals surface area (Å²) in [5, 5.41) is 9.69. The lowest BCUT2D eigenvalue weighted by molar-refractivity contribution is -0.124. The Morgan fingerprint density at radius 1 is 0.309 bits per heavy atom. The van der Waals surface area contributed by atoms with E-state index < -0.39 is 0 Å². The number of unbranched alkanes of at least 4 members (excludes halogenated alkanes) is 36. The van der Waals surface area contributed by atoms with Gasteiger partial charge in [-0.05, 0) is 38.8 Å². The predicted molar refractivity (Wildman–Crippen MR) is 244 cm³/mol. The van der Waals surface area contributed by atoms with Crippen molar-refractivity contribution in [3.63, 3.8) is 0 Å². The number of nitrogens with one attached hydrogen (secondary N) is 3. The summed E-state index contributed by atoms with van der Waals surface area (Å²) in [6.45, 7) is 8.52. The summed E-state index contributed by atoms with van der Waals surface area (Å²) in [7, 11) is 0. The van der Waals surface area contributed by atoms with Crippen LogP contribution in [0.3, 0.4) is 0 Å². The molecule has 328 valence electrons. The van der Waals surface area contributed by atoms with Crippen LogP contribution in [0, 0.1) is 0 Å². The molecule has 55 heavy (non-hydrogen) atoms. The van der Waals surface area contributed by atoms with Crippen molar-refractivity contribution >= 4 is 11.8 Å². The molecule has 0 aromatic carbocycles. The van der Waals surface area contributed by atoms with Gasteiger partial charge < -0.3 is 16.0 Å². The van der Waals surface area contributed by atoms with Gasteiger partial charge in [0, 0.05) is 12.8 Å². The molecule has 2 amide bonds. The Morgan fingerprint density at radius 2 is 0.545 bits per heavy atom. The van der Waals surface area contributed by atoms with Gasteiger partial charge in [-0.2, -0.15) is 0 Å². The van der Waals surface area contributed by atoms with E-state index in [-0.39, 0.29) is 18.0 Å². The van der Waals surface area contributed by atoms with Gasteiger partial charge in [-0.25, -0.2) is 0 Å². The molecular weight excluding hydrogens is 675 g/mol. The average Bonchev–Trinajstić information content (AvgIpc) is 3.18. The van der Waals surface area contributed by atoms with E-state index in [4.69, 9.17) is 0 Å². The zero-order valence-corrected chi connectivity index (χ0v) is 38.0. The van der Waals surface area contributed by atoms with E-state index in [9.17, 15) is 9.59 Å². The van der Waals surface area contributed by atoms with Crippen molar-refractivity contribution in [1.29, 1.82) is 0 Å². The molecule has 5 heteroatoms. The Balaban J connectivity index is 3.76. The maximum absolute atomic E-state index is 12.8. The minimum atomic E-state index is -0.273. The van der Waals surface area contributed by atoms with Crippen LogP contribution in [0.2, 0.25) is 0 Å². The summed E-state index contributed by atoms with van der Waals surface area (Å²) in [5.74, 6) is 0.160. The molecule has 0 spiro atoms. The maximum Gasteiger partial charge on any atom is 0.221 e. The third-order valence-electron chi connectivity index (χ3n) is 11.7. The van der Waals surface area contributed by atoms with Crippen LogP contribution >= 0.6 is 0 Å². The number of carbonyl (C=O) groups excluding carboxylic acids is 2. The lowest BCUT2D eigenvalue weighted by Gasteiger charge is -2.21. The highest BCUT2D eigenvalue weighted by atomic mass is 16.2. The highest BCUT2D eigenvalue weighted by Crippen LogP contribution is 2.17. The summed E-state index contributed by atoms with van der Waals surface area (Å²) in [4.78, 5) is 25.5. The van der Waals surface area contributed by atoms with Crippen LogP contribution in [0.1, 0.15) is 290 Å². The van der Waals surface area contributed by atoms with Crippen LogP contribution < -0.4 is 16.0 Å². The van der Waals surface area contributed by atoms with Crippen LogP contribution in [-0.2, 0) is 9.59 Å². The molecule has 3 N–H and O–H groups in total. The van der Waals surface area contributed by atoms with Crippen molar-refractivity contribution in [2.75, 3.05) is 13.1 Å². The van der Waals surface area contributed by atoms with Gasteiger partial charge in [-0.3, -0.25) is 9.59 Å². The molecule has 0 bridgehead atoms. The Kier molecular flexibility index (Phi) is 46.3. The van der Waals surface area contributed by atoms with Gasteiger partial charge in [0.1, 0.15) is 6.17 Å². The molecule has 0 aromatic heterocycles. The number of hydrogen-bond donors (Lipinski definition) is 3. The summed E-state index contributed by atoms with van der Waals surface area (Å²) in [6.07, 6.45) is 54.3. The molecule has 0 aliphatic heterocycles. The maximum atomic E-state index is 12.8. The van der Waals surface area contributed by atoms with Crippen molar-refractivity contribution in [3.8, 4) is 0 Å². The molecule has 0 unspecified atom stereocenters. The fourth-order valence-electron chi connectivity index (χ4n) is 7.99. The standard InChI is InChI=1S/C50H101N3O2/c1-4-7-9-11-13-15-17-19-21-23-25-27-29-31-33-35-37-39-41-43-49(54)52-48(45-47-51-46-6-3)53-50(55)44-42-40-38-36-34-32-30-28-26-24-22-20-18-16-14-12-10-8-5-2/h48,51H,4-47H2,1-3H3,(H,52,54)(H,53,55). The zero-order valence-electron chi connectivity index (χ0n) is 38.0. The van der Waals surface area contributed by atoms with Crippen molar-refractivity contribution in [3.05, 3.63) is 0 Å². The van der Waals surface area contributed by atoms with E-state index in [1.54, 1.807) is 0 Å². The van der Waals surface area contributed by atoms with Gasteiger partial charge in [-0.1, -0.05) is 252 Å². The lowest BCUT2D eigenvalue weighted by atomic mass is 10.0. The third-order valence-corrected chi connectivity index (χ3v) is 11.7. The first kappa shape index (κ1) is 53.9. The molecule has 5 nitrogen and oxygen atoms in total. The van der Waals surface area contributed by atoms with E-state index in [2.05, 4.69) is 36.7 Å². The SMILES string of the molecule is CCCCCCCCCCCCCCCCCCCCCC(=O)NC(CCNCCC)NC(=O)CCCCCCCCCCCCCCCCCCCCC. The van der Waals surface area contributed by atoms with E-state index in [1.165, 1.54) is 218 Å². The van der Waals surface area contributed by atoms with Gasteiger partial charge in [0.2, 0.25) is 11.8 Å². The fourth-order valence-corrected chi connectivity index (χ4v) is 7.99. The molecular formula is C50H101N3O2. The van der Waals surface area contributed by atoms with E-state index in [0.717, 1.165) is 51.6 Å². The largest absolute Gasteiger partial charge is 0.336 e. The Hall–Kier alpha value is -1.10. The van der Waals surface area contributed by atoms with Crippen LogP contribution in [-0.4, -0.2) is 31.1 Å². The molecule has 0 heterocycles. The minimum Gasteiger partial charge on any atom is -0.336 e. The molecule has 0 aliphatic rings. The molecule has 0 saturated carbocycles. The Morgan fingerprint density at radius 3 is 0.782 bits per heavy atom. The molecule has 0 radical (unpaired) electrons. The van der Waals surface area contributed by atoms with Gasteiger partial charge in [0.25, 0.3) is 0 Å². The van der Waals surface area contributed by atoms with Crippen molar-refractivity contribution < 1.29 is 9.59 Å². The van der Waals surface area contributed by atoms with Gasteiger partial charge in [-0.15, -0.1) is 0 Å². The van der Waals surface area contributed by atoms with E-state index in [1.807, 2.05) is 0 Å². The fraction of sp³-hybridized carbons (Fsp3) is 0.960. The number of hydrogen-bond acceptors (Lipinski definition) is 3. The first-order chi connectivity index (χ1) is 27.1. The van der Waals surface area contributed by atoms with Crippen LogP contribution in [0.15, 0.2) is 0 Å². The highest BCUT2D eigenvalue weighted by Gasteiger charge is 2.14.